The van der Waals surface area contributed by atoms with Crippen molar-refractivity contribution in [2.24, 2.45) is 23.7 Å². The first-order chi connectivity index (χ1) is 17.7. The molecule has 3 fully saturated rings. The molecule has 2 aromatic carbocycles. The van der Waals surface area contributed by atoms with Gasteiger partial charge in [-0.2, -0.15) is 0 Å². The lowest BCUT2D eigenvalue weighted by Crippen LogP contribution is -2.41. The van der Waals surface area contributed by atoms with Crippen LogP contribution in [-0.2, 0) is 0 Å². The number of pyridine rings is 1. The lowest BCUT2D eigenvalue weighted by atomic mass is 9.78. The van der Waals surface area contributed by atoms with Gasteiger partial charge in [0.05, 0.1) is 5.52 Å². The van der Waals surface area contributed by atoms with Crippen LogP contribution in [0.25, 0.3) is 10.9 Å². The average Bonchev–Trinajstić information content (AvgIpc) is 3.36. The zero-order valence-corrected chi connectivity index (χ0v) is 21.4. The van der Waals surface area contributed by atoms with Crippen LogP contribution < -0.4 is 4.90 Å². The van der Waals surface area contributed by atoms with Gasteiger partial charge in [-0.1, -0.05) is 49.2 Å². The van der Waals surface area contributed by atoms with Crippen LogP contribution in [0.5, 0.6) is 0 Å². The number of fused-ring (bicyclic) bond motifs is 2. The van der Waals surface area contributed by atoms with Crippen LogP contribution in [0.2, 0.25) is 0 Å². The summed E-state index contributed by atoms with van der Waals surface area (Å²) >= 11 is 0. The van der Waals surface area contributed by atoms with Crippen LogP contribution >= 0.6 is 0 Å². The minimum Gasteiger partial charge on any atom is -0.371 e. The molecule has 1 aliphatic carbocycles. The van der Waals surface area contributed by atoms with Crippen molar-refractivity contribution in [3.05, 3.63) is 72.4 Å². The van der Waals surface area contributed by atoms with Crippen molar-refractivity contribution in [1.82, 2.24) is 9.88 Å². The number of benzene rings is 2. The molecule has 1 saturated carbocycles. The summed E-state index contributed by atoms with van der Waals surface area (Å²) in [5.74, 6) is 3.36. The molecule has 36 heavy (non-hydrogen) atoms. The maximum absolute atomic E-state index is 13.1. The quantitative estimate of drug-likeness (QED) is 0.363. The van der Waals surface area contributed by atoms with Crippen molar-refractivity contribution in [2.75, 3.05) is 37.6 Å². The van der Waals surface area contributed by atoms with E-state index < -0.39 is 0 Å². The van der Waals surface area contributed by atoms with Crippen molar-refractivity contribution in [3.8, 4) is 0 Å². The Hall–Kier alpha value is -2.72. The standard InChI is InChI=1S/C32H39N3O/c36-32(30-8-4-10-31-29(30)9-5-17-33-31)20-25-13-11-24(12-14-25)15-18-34-19-16-26-22-35(23-27(26)21-34)28-6-2-1-3-7-28/h1-10,17,24-27H,11-16,18-23H2/t24?,25?,26-,27-/m0/s1. The predicted molar refractivity (Wildman–Crippen MR) is 147 cm³/mol. The van der Waals surface area contributed by atoms with Gasteiger partial charge in [-0.3, -0.25) is 9.78 Å². The number of nitrogens with zero attached hydrogens (tertiary/aromatic N) is 3. The number of rotatable bonds is 7. The summed E-state index contributed by atoms with van der Waals surface area (Å²) in [6, 6.07) is 20.9. The van der Waals surface area contributed by atoms with Crippen LogP contribution in [0.1, 0.15) is 55.3 Å². The Labute approximate surface area is 215 Å². The molecule has 0 bridgehead atoms. The maximum Gasteiger partial charge on any atom is 0.163 e. The minimum absolute atomic E-state index is 0.293. The summed E-state index contributed by atoms with van der Waals surface area (Å²) in [7, 11) is 0. The van der Waals surface area contributed by atoms with E-state index in [1.165, 1.54) is 76.9 Å². The highest BCUT2D eigenvalue weighted by Gasteiger charge is 2.37. The first-order valence-corrected chi connectivity index (χ1v) is 14.1. The second kappa shape index (κ2) is 10.7. The van der Waals surface area contributed by atoms with Crippen molar-refractivity contribution < 1.29 is 4.79 Å². The highest BCUT2D eigenvalue weighted by molar-refractivity contribution is 6.07. The number of hydrogen-bond acceptors (Lipinski definition) is 4. The Morgan fingerprint density at radius 1 is 0.806 bits per heavy atom. The molecule has 2 saturated heterocycles. The summed E-state index contributed by atoms with van der Waals surface area (Å²) in [6.07, 6.45) is 10.2. The molecule has 3 heterocycles. The van der Waals surface area contributed by atoms with E-state index in [1.807, 2.05) is 30.3 Å². The van der Waals surface area contributed by atoms with Gasteiger partial charge in [0.15, 0.2) is 5.78 Å². The number of para-hydroxylation sites is 1. The molecular weight excluding hydrogens is 442 g/mol. The van der Waals surface area contributed by atoms with Gasteiger partial charge >= 0.3 is 0 Å². The summed E-state index contributed by atoms with van der Waals surface area (Å²) in [5, 5.41) is 0.997. The Balaban J connectivity index is 0.947. The Morgan fingerprint density at radius 3 is 2.47 bits per heavy atom. The van der Waals surface area contributed by atoms with Gasteiger partial charge in [0.25, 0.3) is 0 Å². The molecule has 188 valence electrons. The van der Waals surface area contributed by atoms with Crippen molar-refractivity contribution in [3.63, 3.8) is 0 Å². The first kappa shape index (κ1) is 23.7. The summed E-state index contributed by atoms with van der Waals surface area (Å²) in [4.78, 5) is 22.9. The average molecular weight is 482 g/mol. The van der Waals surface area contributed by atoms with Crippen LogP contribution in [0.3, 0.4) is 0 Å². The van der Waals surface area contributed by atoms with Crippen molar-refractivity contribution >= 4 is 22.4 Å². The Morgan fingerprint density at radius 2 is 1.61 bits per heavy atom. The molecule has 0 spiro atoms. The molecule has 6 rings (SSSR count). The molecule has 2 atom stereocenters. The monoisotopic (exact) mass is 481 g/mol. The van der Waals surface area contributed by atoms with Gasteiger partial charge in [-0.05, 0) is 86.7 Å². The van der Waals surface area contributed by atoms with Crippen LogP contribution in [0, 0.1) is 23.7 Å². The van der Waals surface area contributed by atoms with E-state index in [0.717, 1.165) is 34.2 Å². The number of carbonyl (C=O) groups is 1. The predicted octanol–water partition coefficient (Wildman–Crippen LogP) is 6.46. The number of anilines is 1. The van der Waals surface area contributed by atoms with E-state index in [2.05, 4.69) is 45.1 Å². The SMILES string of the molecule is O=C(CC1CCC(CCN2CC[C@H]3CN(c4ccccc4)C[C@@H]3C2)CC1)c1cccc2ncccc12. The normalized spacial score (nSPS) is 26.7. The number of ketones is 1. The number of carbonyl (C=O) groups excluding carboxylic acids is 1. The Kier molecular flexibility index (Phi) is 7.05. The lowest BCUT2D eigenvalue weighted by Gasteiger charge is -2.36. The fraction of sp³-hybridized carbons (Fsp3) is 0.500. The molecule has 1 aromatic heterocycles. The van der Waals surface area contributed by atoms with Crippen molar-refractivity contribution in [2.45, 2.75) is 44.9 Å². The van der Waals surface area contributed by atoms with E-state index in [1.54, 1.807) is 6.20 Å². The summed E-state index contributed by atoms with van der Waals surface area (Å²) < 4.78 is 0. The fourth-order valence-electron chi connectivity index (χ4n) is 7.10. The van der Waals surface area contributed by atoms with Crippen LogP contribution in [-0.4, -0.2) is 48.4 Å². The maximum atomic E-state index is 13.1. The fourth-order valence-corrected chi connectivity index (χ4v) is 7.10. The first-order valence-electron chi connectivity index (χ1n) is 14.1. The van der Waals surface area contributed by atoms with Gasteiger partial charge < -0.3 is 9.80 Å². The summed E-state index contributed by atoms with van der Waals surface area (Å²) in [6.45, 7) is 6.26. The van der Waals surface area contributed by atoms with Crippen LogP contribution in [0.4, 0.5) is 5.69 Å². The number of aromatic nitrogens is 1. The number of likely N-dealkylation sites (tertiary alicyclic amines) is 1. The number of Topliss-reactive ketones (excluding diaryl/α,β-unsaturated/α-hetero) is 1. The molecule has 2 aliphatic heterocycles. The van der Waals surface area contributed by atoms with Gasteiger partial charge in [0.1, 0.15) is 0 Å². The van der Waals surface area contributed by atoms with E-state index >= 15 is 0 Å². The van der Waals surface area contributed by atoms with Gasteiger partial charge in [-0.15, -0.1) is 0 Å². The molecule has 3 aliphatic rings. The molecule has 4 nitrogen and oxygen atoms in total. The van der Waals surface area contributed by atoms with Gasteiger partial charge in [0, 0.05) is 48.9 Å². The zero-order valence-electron chi connectivity index (χ0n) is 21.4. The third-order valence-corrected chi connectivity index (χ3v) is 9.25. The Bertz CT molecular complexity index is 1160. The van der Waals surface area contributed by atoms with E-state index in [-0.39, 0.29) is 0 Å². The second-order valence-corrected chi connectivity index (χ2v) is 11.5. The molecule has 0 N–H and O–H groups in total. The van der Waals surface area contributed by atoms with Gasteiger partial charge in [-0.25, -0.2) is 0 Å². The minimum atomic E-state index is 0.293. The van der Waals surface area contributed by atoms with Gasteiger partial charge in [0.2, 0.25) is 0 Å². The molecule has 4 heteroatoms. The highest BCUT2D eigenvalue weighted by atomic mass is 16.1. The topological polar surface area (TPSA) is 36.4 Å². The van der Waals surface area contributed by atoms with Crippen molar-refractivity contribution in [1.29, 1.82) is 0 Å². The van der Waals surface area contributed by atoms with E-state index in [4.69, 9.17) is 0 Å². The third-order valence-electron chi connectivity index (χ3n) is 9.25. The lowest BCUT2D eigenvalue weighted by molar-refractivity contribution is 0.0938. The van der Waals surface area contributed by atoms with E-state index in [0.29, 0.717) is 18.1 Å². The third kappa shape index (κ3) is 5.20. The second-order valence-electron chi connectivity index (χ2n) is 11.5. The number of piperidine rings is 1. The largest absolute Gasteiger partial charge is 0.371 e. The highest BCUT2D eigenvalue weighted by Crippen LogP contribution is 2.36. The molecule has 0 amide bonds. The summed E-state index contributed by atoms with van der Waals surface area (Å²) in [5.41, 5.74) is 3.16. The molecular formula is C32H39N3O. The molecule has 0 radical (unpaired) electrons. The number of hydrogen-bond donors (Lipinski definition) is 0. The molecule has 0 unspecified atom stereocenters. The van der Waals surface area contributed by atoms with Crippen LogP contribution in [0.15, 0.2) is 66.9 Å². The van der Waals surface area contributed by atoms with E-state index in [9.17, 15) is 4.79 Å². The molecule has 3 aromatic rings. The zero-order chi connectivity index (χ0) is 24.3. The smallest absolute Gasteiger partial charge is 0.163 e.